The van der Waals surface area contributed by atoms with Crippen molar-refractivity contribution in [1.29, 1.82) is 0 Å². The van der Waals surface area contributed by atoms with Gasteiger partial charge in [0.1, 0.15) is 0 Å². The second-order valence-corrected chi connectivity index (χ2v) is 6.81. The van der Waals surface area contributed by atoms with Crippen LogP contribution in [-0.2, 0) is 0 Å². The van der Waals surface area contributed by atoms with Crippen LogP contribution in [0.15, 0.2) is 0 Å². The Morgan fingerprint density at radius 2 is 1.50 bits per heavy atom. The Kier molecular flexibility index (Phi) is 3.57. The van der Waals surface area contributed by atoms with Gasteiger partial charge in [-0.1, -0.05) is 42.6 Å². The fraction of sp³-hybridized carbons (Fsp3) is 1.00. The first kappa shape index (κ1) is 11.0. The molecule has 0 spiro atoms. The lowest BCUT2D eigenvalue weighted by atomic mass is 9.73. The van der Waals surface area contributed by atoms with E-state index in [0.29, 0.717) is 0 Å². The van der Waals surface area contributed by atoms with E-state index in [0.717, 1.165) is 28.5 Å². The first-order valence-corrected chi connectivity index (χ1v) is 7.24. The summed E-state index contributed by atoms with van der Waals surface area (Å²) >= 11 is 3.82. The van der Waals surface area contributed by atoms with Crippen LogP contribution >= 0.6 is 15.9 Å². The van der Waals surface area contributed by atoms with E-state index < -0.39 is 0 Å². The number of hydrogen-bond acceptors (Lipinski definition) is 0. The number of rotatable bonds is 1. The molecule has 2 rings (SSSR count). The minimum Gasteiger partial charge on any atom is -0.0888 e. The molecule has 2 aliphatic carbocycles. The van der Waals surface area contributed by atoms with E-state index in [1.54, 1.807) is 0 Å². The van der Waals surface area contributed by atoms with Crippen LogP contribution in [0.1, 0.15) is 52.4 Å². The molecule has 82 valence electrons. The molecule has 0 aliphatic heterocycles. The Labute approximate surface area is 97.0 Å². The third-order valence-electron chi connectivity index (χ3n) is 4.69. The fourth-order valence-electron chi connectivity index (χ4n) is 3.52. The van der Waals surface area contributed by atoms with Crippen molar-refractivity contribution >= 4 is 15.9 Å². The second kappa shape index (κ2) is 4.55. The van der Waals surface area contributed by atoms with Crippen LogP contribution in [0.4, 0.5) is 0 Å². The van der Waals surface area contributed by atoms with E-state index in [1.165, 1.54) is 38.5 Å². The van der Waals surface area contributed by atoms with Gasteiger partial charge < -0.3 is 0 Å². The van der Waals surface area contributed by atoms with Gasteiger partial charge in [0.05, 0.1) is 0 Å². The molecule has 1 heteroatoms. The highest BCUT2D eigenvalue weighted by Gasteiger charge is 2.37. The summed E-state index contributed by atoms with van der Waals surface area (Å²) in [5.41, 5.74) is 0. The van der Waals surface area contributed by atoms with Gasteiger partial charge in [-0.15, -0.1) is 0 Å². The van der Waals surface area contributed by atoms with E-state index >= 15 is 0 Å². The molecule has 0 nitrogen and oxygen atoms in total. The van der Waals surface area contributed by atoms with Crippen molar-refractivity contribution in [2.45, 2.75) is 57.2 Å². The Hall–Kier alpha value is 0.480. The van der Waals surface area contributed by atoms with Gasteiger partial charge in [-0.05, 0) is 49.4 Å². The molecular formula is C13H23Br. The monoisotopic (exact) mass is 258 g/mol. The maximum absolute atomic E-state index is 3.82. The van der Waals surface area contributed by atoms with Crippen molar-refractivity contribution in [3.63, 3.8) is 0 Å². The highest BCUT2D eigenvalue weighted by molar-refractivity contribution is 9.09. The molecule has 3 unspecified atom stereocenters. The molecule has 0 aromatic heterocycles. The topological polar surface area (TPSA) is 0 Å². The summed E-state index contributed by atoms with van der Waals surface area (Å²) in [5.74, 6) is 4.02. The summed E-state index contributed by atoms with van der Waals surface area (Å²) in [4.78, 5) is 0.812. The molecular weight excluding hydrogens is 236 g/mol. The average molecular weight is 259 g/mol. The van der Waals surface area contributed by atoms with Gasteiger partial charge in [-0.2, -0.15) is 0 Å². The summed E-state index contributed by atoms with van der Waals surface area (Å²) in [6, 6.07) is 0. The number of alkyl halides is 1. The van der Waals surface area contributed by atoms with Crippen molar-refractivity contribution in [3.8, 4) is 0 Å². The van der Waals surface area contributed by atoms with Crippen molar-refractivity contribution in [2.24, 2.45) is 23.7 Å². The number of hydrogen-bond donors (Lipinski definition) is 0. The zero-order chi connectivity index (χ0) is 10.1. The minimum atomic E-state index is 0.812. The van der Waals surface area contributed by atoms with Crippen LogP contribution in [0.25, 0.3) is 0 Å². The Bertz CT molecular complexity index is 182. The standard InChI is InChI=1S/C13H23Br/c1-9-3-5-11(6-4-9)12-7-8-13(14)10(12)2/h9-13H,3-8H2,1-2H3. The van der Waals surface area contributed by atoms with Crippen LogP contribution < -0.4 is 0 Å². The molecule has 14 heavy (non-hydrogen) atoms. The summed E-state index contributed by atoms with van der Waals surface area (Å²) in [6.07, 6.45) is 8.89. The summed E-state index contributed by atoms with van der Waals surface area (Å²) in [7, 11) is 0. The number of halogens is 1. The van der Waals surface area contributed by atoms with E-state index in [1.807, 2.05) is 0 Å². The molecule has 2 saturated carbocycles. The molecule has 0 N–H and O–H groups in total. The van der Waals surface area contributed by atoms with Gasteiger partial charge in [0, 0.05) is 4.83 Å². The summed E-state index contributed by atoms with van der Waals surface area (Å²) in [5, 5.41) is 0. The first-order chi connectivity index (χ1) is 6.68. The van der Waals surface area contributed by atoms with E-state index in [4.69, 9.17) is 0 Å². The summed E-state index contributed by atoms with van der Waals surface area (Å²) in [6.45, 7) is 4.87. The third kappa shape index (κ3) is 2.18. The van der Waals surface area contributed by atoms with Gasteiger partial charge in [0.2, 0.25) is 0 Å². The van der Waals surface area contributed by atoms with Gasteiger partial charge in [-0.3, -0.25) is 0 Å². The molecule has 0 bridgehead atoms. The fourth-order valence-corrected chi connectivity index (χ4v) is 4.18. The third-order valence-corrected chi connectivity index (χ3v) is 5.98. The van der Waals surface area contributed by atoms with Crippen LogP contribution in [0, 0.1) is 23.7 Å². The normalized spacial score (nSPS) is 49.5. The molecule has 0 aromatic rings. The molecule has 0 aromatic carbocycles. The molecule has 0 saturated heterocycles. The summed E-state index contributed by atoms with van der Waals surface area (Å²) < 4.78 is 0. The average Bonchev–Trinajstić information content (AvgIpc) is 2.50. The van der Waals surface area contributed by atoms with Crippen LogP contribution in [0.2, 0.25) is 0 Å². The lowest BCUT2D eigenvalue weighted by molar-refractivity contribution is 0.185. The van der Waals surface area contributed by atoms with Gasteiger partial charge >= 0.3 is 0 Å². The quantitative estimate of drug-likeness (QED) is 0.602. The first-order valence-electron chi connectivity index (χ1n) is 6.32. The largest absolute Gasteiger partial charge is 0.0888 e. The zero-order valence-corrected chi connectivity index (χ0v) is 11.1. The van der Waals surface area contributed by atoms with Gasteiger partial charge in [0.15, 0.2) is 0 Å². The molecule has 0 heterocycles. The van der Waals surface area contributed by atoms with E-state index in [2.05, 4.69) is 29.8 Å². The molecule has 0 radical (unpaired) electrons. The molecule has 2 fully saturated rings. The van der Waals surface area contributed by atoms with Crippen molar-refractivity contribution in [1.82, 2.24) is 0 Å². The zero-order valence-electron chi connectivity index (χ0n) is 9.51. The lowest BCUT2D eigenvalue weighted by Gasteiger charge is -2.33. The van der Waals surface area contributed by atoms with Crippen molar-refractivity contribution < 1.29 is 0 Å². The smallest absolute Gasteiger partial charge is 0.0174 e. The predicted octanol–water partition coefficient (Wildman–Crippen LogP) is 4.62. The van der Waals surface area contributed by atoms with Crippen LogP contribution in [0.3, 0.4) is 0 Å². The van der Waals surface area contributed by atoms with E-state index in [9.17, 15) is 0 Å². The Balaban J connectivity index is 1.89. The van der Waals surface area contributed by atoms with E-state index in [-0.39, 0.29) is 0 Å². The highest BCUT2D eigenvalue weighted by atomic mass is 79.9. The molecule has 0 amide bonds. The maximum Gasteiger partial charge on any atom is 0.0174 e. The highest BCUT2D eigenvalue weighted by Crippen LogP contribution is 2.45. The SMILES string of the molecule is CC1CCC(C2CCC(Br)C2C)CC1. The van der Waals surface area contributed by atoms with Crippen LogP contribution in [0.5, 0.6) is 0 Å². The predicted molar refractivity (Wildman–Crippen MR) is 65.7 cm³/mol. The maximum atomic E-state index is 3.82. The lowest BCUT2D eigenvalue weighted by Crippen LogP contribution is -2.24. The van der Waals surface area contributed by atoms with Crippen LogP contribution in [-0.4, -0.2) is 4.83 Å². The van der Waals surface area contributed by atoms with Crippen molar-refractivity contribution in [2.75, 3.05) is 0 Å². The van der Waals surface area contributed by atoms with Gasteiger partial charge in [-0.25, -0.2) is 0 Å². The molecule has 3 atom stereocenters. The van der Waals surface area contributed by atoms with Crippen molar-refractivity contribution in [3.05, 3.63) is 0 Å². The minimum absolute atomic E-state index is 0.812. The second-order valence-electron chi connectivity index (χ2n) is 5.64. The Morgan fingerprint density at radius 3 is 2.00 bits per heavy atom. The Morgan fingerprint density at radius 1 is 0.857 bits per heavy atom. The molecule has 2 aliphatic rings. The van der Waals surface area contributed by atoms with Gasteiger partial charge in [0.25, 0.3) is 0 Å².